The second-order valence-corrected chi connectivity index (χ2v) is 8.07. The third-order valence-corrected chi connectivity index (χ3v) is 5.83. The number of alkyl halides is 3. The molecule has 6 heteroatoms. The molecule has 33 heavy (non-hydrogen) atoms. The van der Waals surface area contributed by atoms with E-state index in [-0.39, 0.29) is 17.2 Å². The van der Waals surface area contributed by atoms with Gasteiger partial charge in [0.1, 0.15) is 17.4 Å². The molecule has 0 saturated carbocycles. The van der Waals surface area contributed by atoms with E-state index in [0.29, 0.717) is 36.8 Å². The number of hydrogen-bond acceptors (Lipinski definition) is 1. The first-order chi connectivity index (χ1) is 15.7. The van der Waals surface area contributed by atoms with Crippen molar-refractivity contribution in [2.24, 2.45) is 0 Å². The fourth-order valence-corrected chi connectivity index (χ4v) is 4.19. The van der Waals surface area contributed by atoms with Crippen LogP contribution in [0.5, 0.6) is 5.75 Å². The van der Waals surface area contributed by atoms with Gasteiger partial charge in [0.05, 0.1) is 0 Å². The van der Waals surface area contributed by atoms with Gasteiger partial charge < -0.3 is 4.74 Å². The van der Waals surface area contributed by atoms with Crippen molar-refractivity contribution in [2.75, 3.05) is 0 Å². The summed E-state index contributed by atoms with van der Waals surface area (Å²) in [7, 11) is 0. The predicted molar refractivity (Wildman–Crippen MR) is 116 cm³/mol. The number of fused-ring (bicyclic) bond motifs is 1. The first kappa shape index (κ1) is 22.8. The van der Waals surface area contributed by atoms with Gasteiger partial charge in [-0.05, 0) is 96.8 Å². The molecule has 0 bridgehead atoms. The van der Waals surface area contributed by atoms with Crippen LogP contribution in [0, 0.1) is 23.5 Å². The average Bonchev–Trinajstić information content (AvgIpc) is 2.77. The van der Waals surface area contributed by atoms with Crippen molar-refractivity contribution >= 4 is 0 Å². The first-order valence-electron chi connectivity index (χ1n) is 10.7. The molecule has 0 heterocycles. The maximum Gasteiger partial charge on any atom is 0.573 e. The van der Waals surface area contributed by atoms with E-state index in [4.69, 9.17) is 0 Å². The topological polar surface area (TPSA) is 9.23 Å². The molecule has 4 rings (SSSR count). The van der Waals surface area contributed by atoms with Crippen molar-refractivity contribution in [3.8, 4) is 17.6 Å². The number of ether oxygens (including phenoxy) is 1. The predicted octanol–water partition coefficient (Wildman–Crippen LogP) is 7.10. The van der Waals surface area contributed by atoms with Gasteiger partial charge in [0.2, 0.25) is 0 Å². The van der Waals surface area contributed by atoms with Gasteiger partial charge in [0, 0.05) is 16.7 Å². The molecule has 1 nitrogen and oxygen atoms in total. The molecule has 0 N–H and O–H groups in total. The van der Waals surface area contributed by atoms with Crippen LogP contribution in [-0.2, 0) is 19.3 Å². The van der Waals surface area contributed by atoms with Crippen molar-refractivity contribution in [1.29, 1.82) is 0 Å². The van der Waals surface area contributed by atoms with Crippen LogP contribution in [0.15, 0.2) is 54.6 Å². The zero-order valence-electron chi connectivity index (χ0n) is 17.9. The largest absolute Gasteiger partial charge is 0.573 e. The Morgan fingerprint density at radius 1 is 0.879 bits per heavy atom. The summed E-state index contributed by atoms with van der Waals surface area (Å²) >= 11 is 0. The molecule has 0 aromatic heterocycles. The zero-order valence-corrected chi connectivity index (χ0v) is 17.9. The molecular weight excluding hydrogens is 435 g/mol. The number of aryl methyl sites for hydroxylation is 2. The third kappa shape index (κ3) is 5.54. The molecule has 1 aliphatic carbocycles. The van der Waals surface area contributed by atoms with Gasteiger partial charge in [-0.15, -0.1) is 13.2 Å². The Kier molecular flexibility index (Phi) is 6.42. The van der Waals surface area contributed by atoms with Crippen molar-refractivity contribution in [1.82, 2.24) is 0 Å². The van der Waals surface area contributed by atoms with Crippen molar-refractivity contribution in [3.63, 3.8) is 0 Å². The highest BCUT2D eigenvalue weighted by molar-refractivity contribution is 5.48. The Bertz CT molecular complexity index is 1190. The molecule has 0 spiro atoms. The second kappa shape index (κ2) is 9.27. The van der Waals surface area contributed by atoms with Crippen LogP contribution in [0.25, 0.3) is 0 Å². The zero-order chi connectivity index (χ0) is 23.6. The van der Waals surface area contributed by atoms with Gasteiger partial charge in [-0.25, -0.2) is 8.78 Å². The minimum Gasteiger partial charge on any atom is -0.406 e. The van der Waals surface area contributed by atoms with Gasteiger partial charge in [0.15, 0.2) is 0 Å². The van der Waals surface area contributed by atoms with E-state index in [1.54, 1.807) is 0 Å². The number of rotatable bonds is 3. The molecule has 0 saturated heterocycles. The standard InChI is InChI=1S/C27H21F5O/c1-2-17-14-24(28)26(25(29)15-17)22-10-9-20-13-19(5-8-21(20)16-22)4-3-18-6-11-23(12-7-18)33-27(30,31)32/h5-8,11-15,22H,2,9-10,16H2,1H3. The molecule has 3 aromatic carbocycles. The Balaban J connectivity index is 1.48. The molecule has 170 valence electrons. The SMILES string of the molecule is CCc1cc(F)c(C2CCc3cc(C#Cc4ccc(OC(F)(F)F)cc4)ccc3C2)c(F)c1. The fraction of sp³-hybridized carbons (Fsp3) is 0.259. The van der Waals surface area contributed by atoms with E-state index >= 15 is 0 Å². The van der Waals surface area contributed by atoms with E-state index in [2.05, 4.69) is 16.6 Å². The highest BCUT2D eigenvalue weighted by atomic mass is 19.4. The normalized spacial score (nSPS) is 15.4. The molecule has 1 aliphatic rings. The Labute approximate surface area is 189 Å². The van der Waals surface area contributed by atoms with Crippen LogP contribution >= 0.6 is 0 Å². The maximum absolute atomic E-state index is 14.6. The Hall–Kier alpha value is -3.33. The van der Waals surface area contributed by atoms with Crippen LogP contribution in [0.1, 0.15) is 52.6 Å². The first-order valence-corrected chi connectivity index (χ1v) is 10.7. The lowest BCUT2D eigenvalue weighted by Crippen LogP contribution is -2.16. The summed E-state index contributed by atoms with van der Waals surface area (Å²) in [5.41, 5.74) is 4.29. The molecule has 0 aliphatic heterocycles. The monoisotopic (exact) mass is 456 g/mol. The van der Waals surface area contributed by atoms with Crippen molar-refractivity contribution in [2.45, 2.75) is 44.9 Å². The lowest BCUT2D eigenvalue weighted by molar-refractivity contribution is -0.274. The summed E-state index contributed by atoms with van der Waals surface area (Å²) < 4.78 is 69.7. The number of halogens is 5. The fourth-order valence-electron chi connectivity index (χ4n) is 4.19. The number of benzene rings is 3. The van der Waals surface area contributed by atoms with E-state index < -0.39 is 18.0 Å². The Morgan fingerprint density at radius 2 is 1.52 bits per heavy atom. The van der Waals surface area contributed by atoms with E-state index in [0.717, 1.165) is 16.7 Å². The molecular formula is C27H21F5O. The lowest BCUT2D eigenvalue weighted by Gasteiger charge is -2.26. The van der Waals surface area contributed by atoms with Gasteiger partial charge in [-0.3, -0.25) is 0 Å². The van der Waals surface area contributed by atoms with Gasteiger partial charge in [-0.2, -0.15) is 0 Å². The summed E-state index contributed by atoms with van der Waals surface area (Å²) in [6.45, 7) is 1.86. The van der Waals surface area contributed by atoms with E-state index in [1.807, 2.05) is 25.1 Å². The Morgan fingerprint density at radius 3 is 2.15 bits per heavy atom. The van der Waals surface area contributed by atoms with Gasteiger partial charge in [0.25, 0.3) is 0 Å². The maximum atomic E-state index is 14.6. The molecule has 1 unspecified atom stereocenters. The smallest absolute Gasteiger partial charge is 0.406 e. The van der Waals surface area contributed by atoms with Crippen LogP contribution < -0.4 is 4.74 Å². The molecule has 1 atom stereocenters. The quantitative estimate of drug-likeness (QED) is 0.302. The van der Waals surface area contributed by atoms with Gasteiger partial charge in [-0.1, -0.05) is 24.8 Å². The highest BCUT2D eigenvalue weighted by Crippen LogP contribution is 2.36. The summed E-state index contributed by atoms with van der Waals surface area (Å²) in [5, 5.41) is 0. The summed E-state index contributed by atoms with van der Waals surface area (Å²) in [5.74, 6) is 4.49. The molecule has 0 amide bonds. The minimum atomic E-state index is -4.73. The average molecular weight is 456 g/mol. The van der Waals surface area contributed by atoms with E-state index in [1.165, 1.54) is 36.4 Å². The highest BCUT2D eigenvalue weighted by Gasteiger charge is 2.31. The van der Waals surface area contributed by atoms with Crippen molar-refractivity contribution < 1.29 is 26.7 Å². The molecule has 0 radical (unpaired) electrons. The summed E-state index contributed by atoms with van der Waals surface area (Å²) in [6.07, 6.45) is -2.26. The van der Waals surface area contributed by atoms with Crippen LogP contribution in [-0.4, -0.2) is 6.36 Å². The third-order valence-electron chi connectivity index (χ3n) is 5.83. The molecule has 3 aromatic rings. The van der Waals surface area contributed by atoms with Crippen molar-refractivity contribution in [3.05, 3.63) is 99.6 Å². The number of hydrogen-bond donors (Lipinski definition) is 0. The minimum absolute atomic E-state index is 0.166. The summed E-state index contributed by atoms with van der Waals surface area (Å²) in [4.78, 5) is 0. The summed E-state index contributed by atoms with van der Waals surface area (Å²) in [6, 6.07) is 14.0. The van der Waals surface area contributed by atoms with Gasteiger partial charge >= 0.3 is 6.36 Å². The van der Waals surface area contributed by atoms with Crippen LogP contribution in [0.4, 0.5) is 22.0 Å². The van der Waals surface area contributed by atoms with E-state index in [9.17, 15) is 22.0 Å². The lowest BCUT2D eigenvalue weighted by atomic mass is 9.79. The second-order valence-electron chi connectivity index (χ2n) is 8.07. The van der Waals surface area contributed by atoms with Crippen LogP contribution in [0.3, 0.4) is 0 Å². The molecule has 0 fully saturated rings. The van der Waals surface area contributed by atoms with Crippen LogP contribution in [0.2, 0.25) is 0 Å².